The molecule has 2 rings (SSSR count). The lowest BCUT2D eigenvalue weighted by atomic mass is 10.1. The maximum absolute atomic E-state index is 12.5. The highest BCUT2D eigenvalue weighted by Crippen LogP contribution is 2.21. The van der Waals surface area contributed by atoms with Crippen molar-refractivity contribution in [3.05, 3.63) is 66.0 Å². The molecule has 1 aromatic carbocycles. The summed E-state index contributed by atoms with van der Waals surface area (Å²) in [6.07, 6.45) is 1.65. The van der Waals surface area contributed by atoms with Gasteiger partial charge in [-0.3, -0.25) is 9.78 Å². The topological polar surface area (TPSA) is 33.2 Å². The molecule has 0 N–H and O–H groups in total. The lowest BCUT2D eigenvalue weighted by Crippen LogP contribution is -2.33. The van der Waals surface area contributed by atoms with E-state index in [-0.39, 0.29) is 11.9 Å². The molecule has 98 valence electrons. The number of carbonyl (C=O) groups excluding carboxylic acids is 1. The van der Waals surface area contributed by atoms with Crippen LogP contribution in [0.2, 0.25) is 0 Å². The molecule has 1 aromatic heterocycles. The molecule has 0 saturated carbocycles. The third-order valence-corrected chi connectivity index (χ3v) is 3.24. The minimum atomic E-state index is -0.0283. The highest BCUT2D eigenvalue weighted by atomic mass is 16.2. The van der Waals surface area contributed by atoms with Gasteiger partial charge in [0.15, 0.2) is 0 Å². The van der Waals surface area contributed by atoms with Crippen molar-refractivity contribution in [2.75, 3.05) is 6.54 Å². The normalized spacial score (nSPS) is 11.9. The molecule has 3 heteroatoms. The second-order valence-corrected chi connectivity index (χ2v) is 4.39. The van der Waals surface area contributed by atoms with E-state index in [0.29, 0.717) is 12.2 Å². The van der Waals surface area contributed by atoms with Crippen LogP contribution in [-0.4, -0.2) is 22.3 Å². The van der Waals surface area contributed by atoms with Crippen LogP contribution in [0.25, 0.3) is 0 Å². The Labute approximate surface area is 113 Å². The van der Waals surface area contributed by atoms with Gasteiger partial charge < -0.3 is 4.90 Å². The fourth-order valence-corrected chi connectivity index (χ4v) is 2.14. The van der Waals surface area contributed by atoms with E-state index in [1.807, 2.05) is 61.2 Å². The van der Waals surface area contributed by atoms with Crippen molar-refractivity contribution in [3.8, 4) is 0 Å². The van der Waals surface area contributed by atoms with Gasteiger partial charge in [0.2, 0.25) is 0 Å². The van der Waals surface area contributed by atoms with Crippen LogP contribution in [0.3, 0.4) is 0 Å². The fourth-order valence-electron chi connectivity index (χ4n) is 2.14. The van der Waals surface area contributed by atoms with Crippen molar-refractivity contribution in [1.82, 2.24) is 9.88 Å². The SMILES string of the molecule is CCN(C(=O)c1ccccn1)[C@H](C)c1ccccc1. The number of nitrogens with zero attached hydrogens (tertiary/aromatic N) is 2. The average Bonchev–Trinajstić information content (AvgIpc) is 2.49. The minimum absolute atomic E-state index is 0.0283. The molecule has 0 spiro atoms. The first-order valence-corrected chi connectivity index (χ1v) is 6.51. The van der Waals surface area contributed by atoms with Gasteiger partial charge in [-0.05, 0) is 31.5 Å². The van der Waals surface area contributed by atoms with Crippen molar-refractivity contribution in [1.29, 1.82) is 0 Å². The number of pyridine rings is 1. The zero-order valence-corrected chi connectivity index (χ0v) is 11.3. The standard InChI is InChI=1S/C16H18N2O/c1-3-18(13(2)14-9-5-4-6-10-14)16(19)15-11-7-8-12-17-15/h4-13H,3H2,1-2H3/t13-/m1/s1. The van der Waals surface area contributed by atoms with E-state index >= 15 is 0 Å². The maximum Gasteiger partial charge on any atom is 0.272 e. The van der Waals surface area contributed by atoms with Gasteiger partial charge in [0.05, 0.1) is 6.04 Å². The zero-order chi connectivity index (χ0) is 13.7. The fraction of sp³-hybridized carbons (Fsp3) is 0.250. The average molecular weight is 254 g/mol. The van der Waals surface area contributed by atoms with Gasteiger partial charge in [0, 0.05) is 12.7 Å². The van der Waals surface area contributed by atoms with E-state index in [1.165, 1.54) is 0 Å². The van der Waals surface area contributed by atoms with Crippen molar-refractivity contribution in [3.63, 3.8) is 0 Å². The molecule has 0 aliphatic heterocycles. The first kappa shape index (κ1) is 13.3. The molecule has 0 unspecified atom stereocenters. The molecule has 2 aromatic rings. The Kier molecular flexibility index (Phi) is 4.29. The largest absolute Gasteiger partial charge is 0.331 e. The van der Waals surface area contributed by atoms with Crippen molar-refractivity contribution >= 4 is 5.91 Å². The van der Waals surface area contributed by atoms with Gasteiger partial charge in [-0.15, -0.1) is 0 Å². The Morgan fingerprint density at radius 2 is 1.84 bits per heavy atom. The van der Waals surface area contributed by atoms with Crippen molar-refractivity contribution in [2.24, 2.45) is 0 Å². The maximum atomic E-state index is 12.5. The first-order valence-electron chi connectivity index (χ1n) is 6.51. The van der Waals surface area contributed by atoms with Crippen molar-refractivity contribution < 1.29 is 4.79 Å². The molecule has 0 radical (unpaired) electrons. The van der Waals surface area contributed by atoms with E-state index in [1.54, 1.807) is 12.3 Å². The third-order valence-electron chi connectivity index (χ3n) is 3.24. The summed E-state index contributed by atoms with van der Waals surface area (Å²) in [5, 5.41) is 0. The molecule has 0 saturated heterocycles. The molecular formula is C16H18N2O. The van der Waals surface area contributed by atoms with E-state index in [0.717, 1.165) is 5.56 Å². The van der Waals surface area contributed by atoms with Crippen LogP contribution in [0.1, 0.15) is 35.9 Å². The van der Waals surface area contributed by atoms with Crippen LogP contribution in [0, 0.1) is 0 Å². The Morgan fingerprint density at radius 3 is 2.42 bits per heavy atom. The quantitative estimate of drug-likeness (QED) is 0.838. The molecule has 1 atom stereocenters. The minimum Gasteiger partial charge on any atom is -0.331 e. The number of hydrogen-bond donors (Lipinski definition) is 0. The summed E-state index contributed by atoms with van der Waals surface area (Å²) in [4.78, 5) is 18.4. The van der Waals surface area contributed by atoms with Crippen LogP contribution in [0.15, 0.2) is 54.7 Å². The molecule has 0 fully saturated rings. The predicted octanol–water partition coefficient (Wildman–Crippen LogP) is 3.30. The third kappa shape index (κ3) is 2.99. The lowest BCUT2D eigenvalue weighted by Gasteiger charge is -2.28. The molecule has 0 aliphatic carbocycles. The van der Waals surface area contributed by atoms with Crippen molar-refractivity contribution in [2.45, 2.75) is 19.9 Å². The summed E-state index contributed by atoms with van der Waals surface area (Å²) in [5.74, 6) is -0.0283. The highest BCUT2D eigenvalue weighted by Gasteiger charge is 2.21. The summed E-state index contributed by atoms with van der Waals surface area (Å²) in [5.41, 5.74) is 1.63. The molecule has 1 amide bonds. The van der Waals surface area contributed by atoms with E-state index < -0.39 is 0 Å². The van der Waals surface area contributed by atoms with Crippen LogP contribution in [0.5, 0.6) is 0 Å². The Balaban J connectivity index is 2.23. The lowest BCUT2D eigenvalue weighted by molar-refractivity contribution is 0.0696. The van der Waals surface area contributed by atoms with Gasteiger partial charge in [0.1, 0.15) is 5.69 Å². The number of carbonyl (C=O) groups is 1. The molecule has 0 bridgehead atoms. The van der Waals surface area contributed by atoms with Gasteiger partial charge in [-0.2, -0.15) is 0 Å². The summed E-state index contributed by atoms with van der Waals surface area (Å²) >= 11 is 0. The van der Waals surface area contributed by atoms with Gasteiger partial charge in [0.25, 0.3) is 5.91 Å². The van der Waals surface area contributed by atoms with Crippen LogP contribution >= 0.6 is 0 Å². The molecule has 3 nitrogen and oxygen atoms in total. The Hall–Kier alpha value is -2.16. The second kappa shape index (κ2) is 6.14. The molecule has 1 heterocycles. The van der Waals surface area contributed by atoms with Gasteiger partial charge >= 0.3 is 0 Å². The Morgan fingerprint density at radius 1 is 1.16 bits per heavy atom. The number of benzene rings is 1. The monoisotopic (exact) mass is 254 g/mol. The molecule has 0 aliphatic rings. The number of aromatic nitrogens is 1. The zero-order valence-electron chi connectivity index (χ0n) is 11.3. The highest BCUT2D eigenvalue weighted by molar-refractivity contribution is 5.92. The summed E-state index contributed by atoms with van der Waals surface area (Å²) in [7, 11) is 0. The molecule has 19 heavy (non-hydrogen) atoms. The first-order chi connectivity index (χ1) is 9.24. The smallest absolute Gasteiger partial charge is 0.272 e. The summed E-state index contributed by atoms with van der Waals surface area (Å²) in [6, 6.07) is 15.5. The van der Waals surface area contributed by atoms with E-state index in [4.69, 9.17) is 0 Å². The summed E-state index contributed by atoms with van der Waals surface area (Å²) < 4.78 is 0. The summed E-state index contributed by atoms with van der Waals surface area (Å²) in [6.45, 7) is 4.69. The molecular weight excluding hydrogens is 236 g/mol. The van der Waals surface area contributed by atoms with Crippen LogP contribution in [0.4, 0.5) is 0 Å². The van der Waals surface area contributed by atoms with E-state index in [9.17, 15) is 4.79 Å². The van der Waals surface area contributed by atoms with Crippen LogP contribution in [-0.2, 0) is 0 Å². The number of amides is 1. The Bertz CT molecular complexity index is 525. The second-order valence-electron chi connectivity index (χ2n) is 4.39. The number of rotatable bonds is 4. The van der Waals surface area contributed by atoms with E-state index in [2.05, 4.69) is 4.98 Å². The van der Waals surface area contributed by atoms with Gasteiger partial charge in [-0.1, -0.05) is 36.4 Å². The van der Waals surface area contributed by atoms with Crippen LogP contribution < -0.4 is 0 Å². The number of hydrogen-bond acceptors (Lipinski definition) is 2. The van der Waals surface area contributed by atoms with Gasteiger partial charge in [-0.25, -0.2) is 0 Å². The predicted molar refractivity (Wildman–Crippen MR) is 75.8 cm³/mol.